The van der Waals surface area contributed by atoms with E-state index < -0.39 is 0 Å². The summed E-state index contributed by atoms with van der Waals surface area (Å²) in [4.78, 5) is 4.83. The number of hydrogen-bond acceptors (Lipinski definition) is 2. The fourth-order valence-electron chi connectivity index (χ4n) is 4.44. The van der Waals surface area contributed by atoms with Gasteiger partial charge < -0.3 is 15.8 Å². The van der Waals surface area contributed by atoms with Crippen molar-refractivity contribution in [3.05, 3.63) is 29.8 Å². The van der Waals surface area contributed by atoms with Gasteiger partial charge in [-0.15, -0.1) is 24.0 Å². The second-order valence-electron chi connectivity index (χ2n) is 6.78. The number of halogens is 1. The Morgan fingerprint density at radius 1 is 1.41 bits per heavy atom. The maximum absolute atomic E-state index is 6.15. The Hall–Kier alpha value is -0.820. The lowest BCUT2D eigenvalue weighted by atomic mass is 9.46. The van der Waals surface area contributed by atoms with Crippen LogP contribution in [0.2, 0.25) is 0 Å². The van der Waals surface area contributed by atoms with Crippen molar-refractivity contribution < 1.29 is 4.74 Å². The van der Waals surface area contributed by atoms with Gasteiger partial charge in [0.05, 0.1) is 12.1 Å². The predicted molar refractivity (Wildman–Crippen MR) is 99.8 cm³/mol. The van der Waals surface area contributed by atoms with Crippen LogP contribution in [0.15, 0.2) is 29.3 Å². The molecule has 4 rings (SSSR count). The summed E-state index contributed by atoms with van der Waals surface area (Å²) < 4.78 is 5.92. The number of ether oxygens (including phenoxy) is 1. The van der Waals surface area contributed by atoms with Crippen molar-refractivity contribution in [2.45, 2.75) is 44.8 Å². The monoisotopic (exact) mass is 413 g/mol. The molecule has 120 valence electrons. The number of fused-ring (bicyclic) bond motifs is 2. The summed E-state index contributed by atoms with van der Waals surface area (Å²) in [6, 6.07) is 8.58. The number of aliphatic imine (C=N–C) groups is 1. The molecule has 4 nitrogen and oxygen atoms in total. The third-order valence-electron chi connectivity index (χ3n) is 5.55. The number of guanidine groups is 1. The highest BCUT2D eigenvalue weighted by Crippen LogP contribution is 2.64. The van der Waals surface area contributed by atoms with Crippen molar-refractivity contribution >= 4 is 35.6 Å². The molecule has 0 aromatic heterocycles. The van der Waals surface area contributed by atoms with E-state index in [0.29, 0.717) is 29.4 Å². The standard InChI is InChI=1S/C17H23N3O.HI/c1-11-4-2-5-12(10-11)19-16(18)20-14-13-6-9-21-15(13)17(14)7-3-8-17;/h2,4-5,10,13-15H,3,6-9H2,1H3,(H3,18,19,20);1H. The van der Waals surface area contributed by atoms with Crippen molar-refractivity contribution in [2.75, 3.05) is 11.9 Å². The molecule has 3 atom stereocenters. The van der Waals surface area contributed by atoms with Gasteiger partial charge in [-0.1, -0.05) is 18.6 Å². The van der Waals surface area contributed by atoms with Gasteiger partial charge in [0.25, 0.3) is 0 Å². The van der Waals surface area contributed by atoms with Crippen LogP contribution < -0.4 is 11.1 Å². The van der Waals surface area contributed by atoms with Crippen LogP contribution in [0.5, 0.6) is 0 Å². The lowest BCUT2D eigenvalue weighted by Gasteiger charge is -2.61. The van der Waals surface area contributed by atoms with Crippen LogP contribution in [0.1, 0.15) is 31.2 Å². The highest BCUT2D eigenvalue weighted by atomic mass is 127. The third-order valence-corrected chi connectivity index (χ3v) is 5.55. The normalized spacial score (nSPS) is 31.7. The zero-order chi connectivity index (χ0) is 14.4. The number of hydrogen-bond donors (Lipinski definition) is 2. The molecule has 0 radical (unpaired) electrons. The summed E-state index contributed by atoms with van der Waals surface area (Å²) in [5, 5.41) is 3.23. The molecule has 1 aliphatic heterocycles. The molecule has 3 N–H and O–H groups in total. The SMILES string of the molecule is Cc1cccc(NC(N)=NC2C3CCOC3C23CCC3)c1.I. The maximum atomic E-state index is 6.15. The zero-order valence-corrected chi connectivity index (χ0v) is 15.2. The Bertz CT molecular complexity index is 585. The van der Waals surface area contributed by atoms with Gasteiger partial charge in [0.1, 0.15) is 0 Å². The number of nitrogens with two attached hydrogens (primary N) is 1. The van der Waals surface area contributed by atoms with Crippen LogP contribution in [-0.2, 0) is 4.74 Å². The second-order valence-corrected chi connectivity index (χ2v) is 6.78. The highest BCUT2D eigenvalue weighted by molar-refractivity contribution is 14.0. The lowest BCUT2D eigenvalue weighted by molar-refractivity contribution is -0.164. The zero-order valence-electron chi connectivity index (χ0n) is 12.9. The third kappa shape index (κ3) is 2.42. The molecular weight excluding hydrogens is 389 g/mol. The first-order valence-electron chi connectivity index (χ1n) is 7.98. The van der Waals surface area contributed by atoms with Gasteiger partial charge >= 0.3 is 0 Å². The van der Waals surface area contributed by atoms with Gasteiger partial charge in [0.15, 0.2) is 5.96 Å². The molecular formula is C17H24IN3O. The fourth-order valence-corrected chi connectivity index (χ4v) is 4.44. The fraction of sp³-hybridized carbons (Fsp3) is 0.588. The number of rotatable bonds is 2. The van der Waals surface area contributed by atoms with E-state index in [9.17, 15) is 0 Å². The first-order chi connectivity index (χ1) is 10.2. The second kappa shape index (κ2) is 6.00. The van der Waals surface area contributed by atoms with Gasteiger partial charge in [0, 0.05) is 23.6 Å². The van der Waals surface area contributed by atoms with E-state index in [-0.39, 0.29) is 24.0 Å². The molecule has 1 heterocycles. The number of anilines is 1. The summed E-state index contributed by atoms with van der Waals surface area (Å²) in [7, 11) is 0. The van der Waals surface area contributed by atoms with E-state index in [1.165, 1.54) is 24.8 Å². The first-order valence-corrected chi connectivity index (χ1v) is 7.98. The predicted octanol–water partition coefficient (Wildman–Crippen LogP) is 3.30. The van der Waals surface area contributed by atoms with Gasteiger partial charge in [-0.25, -0.2) is 4.99 Å². The van der Waals surface area contributed by atoms with E-state index in [1.807, 2.05) is 12.1 Å². The summed E-state index contributed by atoms with van der Waals surface area (Å²) in [5.41, 5.74) is 8.68. The molecule has 1 spiro atoms. The minimum absolute atomic E-state index is 0. The van der Waals surface area contributed by atoms with Crippen molar-refractivity contribution in [1.82, 2.24) is 0 Å². The summed E-state index contributed by atoms with van der Waals surface area (Å²) in [6.07, 6.45) is 5.40. The summed E-state index contributed by atoms with van der Waals surface area (Å²) in [6.45, 7) is 2.97. The number of aryl methyl sites for hydroxylation is 1. The molecule has 0 amide bonds. The highest BCUT2D eigenvalue weighted by Gasteiger charge is 2.66. The molecule has 1 aromatic carbocycles. The van der Waals surface area contributed by atoms with E-state index in [0.717, 1.165) is 18.7 Å². The molecule has 3 fully saturated rings. The Labute approximate surface area is 148 Å². The number of benzene rings is 1. The largest absolute Gasteiger partial charge is 0.377 e. The molecule has 22 heavy (non-hydrogen) atoms. The van der Waals surface area contributed by atoms with Gasteiger partial charge in [-0.3, -0.25) is 0 Å². The van der Waals surface area contributed by atoms with Crippen LogP contribution in [0.25, 0.3) is 0 Å². The molecule has 5 heteroatoms. The van der Waals surface area contributed by atoms with Crippen molar-refractivity contribution in [3.8, 4) is 0 Å². The molecule has 2 saturated carbocycles. The van der Waals surface area contributed by atoms with Gasteiger partial charge in [-0.2, -0.15) is 0 Å². The van der Waals surface area contributed by atoms with Crippen molar-refractivity contribution in [2.24, 2.45) is 22.1 Å². The Kier molecular flexibility index (Phi) is 4.38. The minimum Gasteiger partial charge on any atom is -0.377 e. The average molecular weight is 413 g/mol. The molecule has 3 unspecified atom stereocenters. The number of nitrogens with one attached hydrogen (secondary N) is 1. The quantitative estimate of drug-likeness (QED) is 0.445. The summed E-state index contributed by atoms with van der Waals surface area (Å²) >= 11 is 0. The van der Waals surface area contributed by atoms with Crippen LogP contribution in [0.4, 0.5) is 5.69 Å². The maximum Gasteiger partial charge on any atom is 0.193 e. The van der Waals surface area contributed by atoms with Crippen LogP contribution >= 0.6 is 24.0 Å². The van der Waals surface area contributed by atoms with Crippen LogP contribution in [0.3, 0.4) is 0 Å². The Morgan fingerprint density at radius 2 is 2.23 bits per heavy atom. The molecule has 0 bridgehead atoms. The van der Waals surface area contributed by atoms with Gasteiger partial charge in [0.2, 0.25) is 0 Å². The molecule has 1 aromatic rings. The van der Waals surface area contributed by atoms with E-state index in [1.54, 1.807) is 0 Å². The van der Waals surface area contributed by atoms with E-state index >= 15 is 0 Å². The van der Waals surface area contributed by atoms with Gasteiger partial charge in [-0.05, 0) is 43.9 Å². The van der Waals surface area contributed by atoms with Crippen molar-refractivity contribution in [3.63, 3.8) is 0 Å². The Morgan fingerprint density at radius 3 is 2.91 bits per heavy atom. The minimum atomic E-state index is 0. The van der Waals surface area contributed by atoms with E-state index in [4.69, 9.17) is 15.5 Å². The van der Waals surface area contributed by atoms with Crippen LogP contribution in [-0.4, -0.2) is 24.7 Å². The smallest absolute Gasteiger partial charge is 0.193 e. The molecule has 3 aliphatic rings. The summed E-state index contributed by atoms with van der Waals surface area (Å²) in [5.74, 6) is 1.13. The lowest BCUT2D eigenvalue weighted by Crippen LogP contribution is -2.65. The Balaban J connectivity index is 0.00000144. The molecule has 1 saturated heterocycles. The first kappa shape index (κ1) is 16.1. The topological polar surface area (TPSA) is 59.6 Å². The average Bonchev–Trinajstić information content (AvgIpc) is 2.79. The molecule has 2 aliphatic carbocycles. The van der Waals surface area contributed by atoms with E-state index in [2.05, 4.69) is 24.4 Å². The van der Waals surface area contributed by atoms with Crippen LogP contribution in [0, 0.1) is 18.3 Å². The van der Waals surface area contributed by atoms with Crippen molar-refractivity contribution in [1.29, 1.82) is 0 Å². The number of nitrogens with zero attached hydrogens (tertiary/aromatic N) is 1.